The van der Waals surface area contributed by atoms with Gasteiger partial charge in [-0.05, 0) is 30.3 Å². The highest BCUT2D eigenvalue weighted by Gasteiger charge is 2.13. The van der Waals surface area contributed by atoms with Crippen LogP contribution in [0.5, 0.6) is 0 Å². The van der Waals surface area contributed by atoms with Crippen LogP contribution in [0.2, 0.25) is 10.0 Å². The topological polar surface area (TPSA) is 63.2 Å². The molecule has 122 valence electrons. The van der Waals surface area contributed by atoms with Gasteiger partial charge in [-0.3, -0.25) is 4.79 Å². The summed E-state index contributed by atoms with van der Waals surface area (Å²) >= 11 is 13.3. The van der Waals surface area contributed by atoms with Gasteiger partial charge in [-0.1, -0.05) is 35.3 Å². The third-order valence-corrected chi connectivity index (χ3v) is 5.79. The lowest BCUT2D eigenvalue weighted by Crippen LogP contribution is -2.14. The minimum absolute atomic E-state index is 0.0935. The monoisotopic (exact) mass is 389 g/mol. The second-order valence-electron chi connectivity index (χ2n) is 4.68. The van der Waals surface area contributed by atoms with E-state index in [9.17, 15) is 13.2 Å². The standard InChI is InChI=1S/C15H13Cl2NO3S2/c1-23(20,21)10-6-7-11(16)13(8-10)18-15(19)9-22-14-5-3-2-4-12(14)17/h2-8H,9H2,1H3,(H,18,19). The molecule has 0 heterocycles. The van der Waals surface area contributed by atoms with Gasteiger partial charge in [0.15, 0.2) is 9.84 Å². The number of amides is 1. The fourth-order valence-electron chi connectivity index (χ4n) is 1.72. The SMILES string of the molecule is CS(=O)(=O)c1ccc(Cl)c(NC(=O)CSc2ccccc2Cl)c1. The first kappa shape index (κ1) is 18.1. The van der Waals surface area contributed by atoms with E-state index in [-0.39, 0.29) is 27.3 Å². The molecule has 8 heteroatoms. The molecule has 2 rings (SSSR count). The molecule has 2 aromatic carbocycles. The zero-order valence-electron chi connectivity index (χ0n) is 12.0. The molecule has 2 aromatic rings. The molecule has 4 nitrogen and oxygen atoms in total. The first-order valence-electron chi connectivity index (χ1n) is 6.44. The molecule has 0 unspecified atom stereocenters. The fraction of sp³-hybridized carbons (Fsp3) is 0.133. The molecule has 0 aliphatic rings. The Morgan fingerprint density at radius 3 is 2.48 bits per heavy atom. The van der Waals surface area contributed by atoms with Crippen LogP contribution < -0.4 is 5.32 Å². The Kier molecular flexibility index (Phi) is 5.97. The molecule has 0 saturated heterocycles. The number of carbonyl (C=O) groups is 1. The Labute approximate surface area is 149 Å². The van der Waals surface area contributed by atoms with Gasteiger partial charge in [0.05, 0.1) is 26.4 Å². The third kappa shape index (κ3) is 5.14. The van der Waals surface area contributed by atoms with Crippen LogP contribution >= 0.6 is 35.0 Å². The second-order valence-corrected chi connectivity index (χ2v) is 8.53. The van der Waals surface area contributed by atoms with Gasteiger partial charge in [-0.25, -0.2) is 8.42 Å². The van der Waals surface area contributed by atoms with Crippen LogP contribution in [0.15, 0.2) is 52.3 Å². The van der Waals surface area contributed by atoms with E-state index in [0.29, 0.717) is 5.02 Å². The van der Waals surface area contributed by atoms with E-state index in [1.54, 1.807) is 6.07 Å². The highest BCUT2D eigenvalue weighted by molar-refractivity contribution is 8.00. The van der Waals surface area contributed by atoms with E-state index in [4.69, 9.17) is 23.2 Å². The number of hydrogen-bond donors (Lipinski definition) is 1. The molecule has 0 saturated carbocycles. The maximum absolute atomic E-state index is 12.0. The fourth-order valence-corrected chi connectivity index (χ4v) is 3.57. The van der Waals surface area contributed by atoms with Gasteiger partial charge in [0.2, 0.25) is 5.91 Å². The Morgan fingerprint density at radius 1 is 1.13 bits per heavy atom. The summed E-state index contributed by atoms with van der Waals surface area (Å²) in [5.74, 6) is -0.175. The predicted octanol–water partition coefficient (Wildman–Crippen LogP) is 4.13. The van der Waals surface area contributed by atoms with Crippen molar-refractivity contribution in [2.75, 3.05) is 17.3 Å². The van der Waals surface area contributed by atoms with Crippen molar-refractivity contribution in [2.24, 2.45) is 0 Å². The van der Waals surface area contributed by atoms with Crippen molar-refractivity contribution in [1.29, 1.82) is 0 Å². The van der Waals surface area contributed by atoms with Crippen LogP contribution in [0.3, 0.4) is 0 Å². The van der Waals surface area contributed by atoms with E-state index in [2.05, 4.69) is 5.32 Å². The van der Waals surface area contributed by atoms with Gasteiger partial charge in [0, 0.05) is 11.2 Å². The van der Waals surface area contributed by atoms with Crippen LogP contribution in [0.25, 0.3) is 0 Å². The number of carbonyl (C=O) groups excluding carboxylic acids is 1. The molecule has 0 aliphatic heterocycles. The first-order valence-corrected chi connectivity index (χ1v) is 10.1. The van der Waals surface area contributed by atoms with Crippen LogP contribution in [-0.2, 0) is 14.6 Å². The Balaban J connectivity index is 2.07. The Morgan fingerprint density at radius 2 is 1.83 bits per heavy atom. The van der Waals surface area contributed by atoms with E-state index in [1.165, 1.54) is 30.0 Å². The van der Waals surface area contributed by atoms with E-state index < -0.39 is 9.84 Å². The Hall–Kier alpha value is -1.21. The van der Waals surface area contributed by atoms with Crippen molar-refractivity contribution in [2.45, 2.75) is 9.79 Å². The second kappa shape index (κ2) is 7.57. The van der Waals surface area contributed by atoms with Crippen LogP contribution in [0.4, 0.5) is 5.69 Å². The predicted molar refractivity (Wildman–Crippen MR) is 95.4 cm³/mol. The van der Waals surface area contributed by atoms with Gasteiger partial charge in [-0.2, -0.15) is 0 Å². The normalized spacial score (nSPS) is 11.3. The average Bonchev–Trinajstić information content (AvgIpc) is 2.47. The molecule has 0 radical (unpaired) electrons. The van der Waals surface area contributed by atoms with Crippen LogP contribution in [0.1, 0.15) is 0 Å². The molecule has 23 heavy (non-hydrogen) atoms. The molecule has 1 N–H and O–H groups in total. The minimum Gasteiger partial charge on any atom is -0.324 e. The number of nitrogens with one attached hydrogen (secondary N) is 1. The summed E-state index contributed by atoms with van der Waals surface area (Å²) in [6, 6.07) is 11.4. The average molecular weight is 390 g/mol. The summed E-state index contributed by atoms with van der Waals surface area (Å²) in [5.41, 5.74) is 0.263. The summed E-state index contributed by atoms with van der Waals surface area (Å²) in [7, 11) is -3.37. The van der Waals surface area contributed by atoms with Gasteiger partial charge < -0.3 is 5.32 Å². The van der Waals surface area contributed by atoms with Crippen LogP contribution in [-0.4, -0.2) is 26.3 Å². The summed E-state index contributed by atoms with van der Waals surface area (Å²) in [4.78, 5) is 12.9. The van der Waals surface area contributed by atoms with Gasteiger partial charge in [0.25, 0.3) is 0 Å². The van der Waals surface area contributed by atoms with Crippen molar-refractivity contribution in [3.05, 3.63) is 52.5 Å². The smallest absolute Gasteiger partial charge is 0.234 e. The van der Waals surface area contributed by atoms with Crippen molar-refractivity contribution in [3.8, 4) is 0 Å². The maximum Gasteiger partial charge on any atom is 0.234 e. The molecule has 0 atom stereocenters. The zero-order chi connectivity index (χ0) is 17.0. The molecular formula is C15H13Cl2NO3S2. The highest BCUT2D eigenvalue weighted by Crippen LogP contribution is 2.28. The quantitative estimate of drug-likeness (QED) is 0.780. The molecule has 0 aliphatic carbocycles. The number of thioether (sulfide) groups is 1. The molecule has 1 amide bonds. The zero-order valence-corrected chi connectivity index (χ0v) is 15.2. The first-order chi connectivity index (χ1) is 10.8. The summed E-state index contributed by atoms with van der Waals surface area (Å²) in [6.07, 6.45) is 1.09. The molecule has 0 spiro atoms. The summed E-state index contributed by atoms with van der Waals surface area (Å²) in [6.45, 7) is 0. The van der Waals surface area contributed by atoms with Crippen LogP contribution in [0, 0.1) is 0 Å². The van der Waals surface area contributed by atoms with Gasteiger partial charge in [-0.15, -0.1) is 11.8 Å². The highest BCUT2D eigenvalue weighted by atomic mass is 35.5. The number of benzene rings is 2. The number of hydrogen-bond acceptors (Lipinski definition) is 4. The Bertz CT molecular complexity index is 838. The lowest BCUT2D eigenvalue weighted by molar-refractivity contribution is -0.113. The van der Waals surface area contributed by atoms with Crippen molar-refractivity contribution in [3.63, 3.8) is 0 Å². The van der Waals surface area contributed by atoms with E-state index in [0.717, 1.165) is 11.2 Å². The van der Waals surface area contributed by atoms with Crippen molar-refractivity contribution < 1.29 is 13.2 Å². The molecule has 0 aromatic heterocycles. The molecule has 0 fully saturated rings. The lowest BCUT2D eigenvalue weighted by Gasteiger charge is -2.09. The number of rotatable bonds is 5. The molecule has 0 bridgehead atoms. The maximum atomic E-state index is 12.0. The van der Waals surface area contributed by atoms with E-state index >= 15 is 0 Å². The number of anilines is 1. The van der Waals surface area contributed by atoms with E-state index in [1.807, 2.05) is 18.2 Å². The largest absolute Gasteiger partial charge is 0.324 e. The summed E-state index contributed by atoms with van der Waals surface area (Å²) in [5, 5.41) is 3.46. The minimum atomic E-state index is -3.37. The van der Waals surface area contributed by atoms with Crippen molar-refractivity contribution in [1.82, 2.24) is 0 Å². The lowest BCUT2D eigenvalue weighted by atomic mass is 10.3. The third-order valence-electron chi connectivity index (χ3n) is 2.84. The van der Waals surface area contributed by atoms with Gasteiger partial charge in [0.1, 0.15) is 0 Å². The number of sulfone groups is 1. The van der Waals surface area contributed by atoms with Gasteiger partial charge >= 0.3 is 0 Å². The number of halogens is 2. The summed E-state index contributed by atoms with van der Waals surface area (Å²) < 4.78 is 23.1. The molecular weight excluding hydrogens is 377 g/mol. The van der Waals surface area contributed by atoms with Crippen molar-refractivity contribution >= 4 is 56.4 Å².